The van der Waals surface area contributed by atoms with Crippen LogP contribution in [0.25, 0.3) is 0 Å². The number of carbonyl (C=O) groups is 1. The Bertz CT molecular complexity index is 465. The first-order valence-electron chi connectivity index (χ1n) is 6.93. The normalized spacial score (nSPS) is 19.8. The van der Waals surface area contributed by atoms with Crippen molar-refractivity contribution < 1.29 is 4.79 Å². The molecule has 1 aliphatic rings. The van der Waals surface area contributed by atoms with Crippen LogP contribution >= 0.6 is 0 Å². The van der Waals surface area contributed by atoms with Gasteiger partial charge in [0.2, 0.25) is 5.91 Å². The molecule has 1 aromatic rings. The molecule has 1 saturated heterocycles. The van der Waals surface area contributed by atoms with Gasteiger partial charge in [0.1, 0.15) is 6.33 Å². The van der Waals surface area contributed by atoms with Gasteiger partial charge >= 0.3 is 0 Å². The van der Waals surface area contributed by atoms with E-state index in [1.807, 2.05) is 4.90 Å². The van der Waals surface area contributed by atoms with Crippen molar-refractivity contribution in [1.82, 2.24) is 14.9 Å². The molecule has 104 valence electrons. The molecule has 0 aromatic carbocycles. The molecule has 19 heavy (non-hydrogen) atoms. The summed E-state index contributed by atoms with van der Waals surface area (Å²) in [4.78, 5) is 22.0. The van der Waals surface area contributed by atoms with E-state index in [9.17, 15) is 4.79 Å². The van der Waals surface area contributed by atoms with Crippen LogP contribution in [0.5, 0.6) is 0 Å². The largest absolute Gasteiger partial charge is 0.343 e. The maximum Gasteiger partial charge on any atom is 0.219 e. The standard InChI is InChI=1S/C15H23N3O/c1-11(19)18-6-5-12(9-18)7-13-8-14(15(2,3)4)17-10-16-13/h8,10,12H,5-7,9H2,1-4H3/t12-/m0/s1. The number of hydrogen-bond donors (Lipinski definition) is 0. The molecule has 1 amide bonds. The summed E-state index contributed by atoms with van der Waals surface area (Å²) in [5, 5.41) is 0. The van der Waals surface area contributed by atoms with Gasteiger partial charge in [-0.05, 0) is 24.8 Å². The summed E-state index contributed by atoms with van der Waals surface area (Å²) in [6, 6.07) is 2.11. The molecule has 1 fully saturated rings. The summed E-state index contributed by atoms with van der Waals surface area (Å²) < 4.78 is 0. The quantitative estimate of drug-likeness (QED) is 0.819. The number of hydrogen-bond acceptors (Lipinski definition) is 3. The van der Waals surface area contributed by atoms with E-state index < -0.39 is 0 Å². The summed E-state index contributed by atoms with van der Waals surface area (Å²) in [6.07, 6.45) is 3.68. The van der Waals surface area contributed by atoms with E-state index in [0.717, 1.165) is 37.3 Å². The first-order chi connectivity index (χ1) is 8.86. The summed E-state index contributed by atoms with van der Waals surface area (Å²) in [6.45, 7) is 9.87. The van der Waals surface area contributed by atoms with E-state index in [0.29, 0.717) is 5.92 Å². The number of likely N-dealkylation sites (tertiary alicyclic amines) is 1. The Balaban J connectivity index is 2.03. The molecule has 1 atom stereocenters. The predicted octanol–water partition coefficient (Wildman–Crippen LogP) is 2.19. The topological polar surface area (TPSA) is 46.1 Å². The molecule has 0 radical (unpaired) electrons. The highest BCUT2D eigenvalue weighted by atomic mass is 16.2. The Hall–Kier alpha value is -1.45. The predicted molar refractivity (Wildman–Crippen MR) is 74.8 cm³/mol. The van der Waals surface area contributed by atoms with Crippen LogP contribution < -0.4 is 0 Å². The number of carbonyl (C=O) groups excluding carboxylic acids is 1. The zero-order valence-electron chi connectivity index (χ0n) is 12.3. The van der Waals surface area contributed by atoms with Gasteiger partial charge in [-0.1, -0.05) is 20.8 Å². The van der Waals surface area contributed by atoms with Gasteiger partial charge in [-0.25, -0.2) is 9.97 Å². The Morgan fingerprint density at radius 2 is 2.16 bits per heavy atom. The van der Waals surface area contributed by atoms with E-state index in [2.05, 4.69) is 36.8 Å². The van der Waals surface area contributed by atoms with Crippen LogP contribution in [-0.2, 0) is 16.6 Å². The highest BCUT2D eigenvalue weighted by Gasteiger charge is 2.25. The summed E-state index contributed by atoms with van der Waals surface area (Å²) >= 11 is 0. The maximum atomic E-state index is 11.3. The van der Waals surface area contributed by atoms with Gasteiger partial charge in [-0.3, -0.25) is 4.79 Å². The van der Waals surface area contributed by atoms with Crippen molar-refractivity contribution in [3.63, 3.8) is 0 Å². The van der Waals surface area contributed by atoms with Crippen LogP contribution in [0, 0.1) is 5.92 Å². The molecule has 0 bridgehead atoms. The lowest BCUT2D eigenvalue weighted by Gasteiger charge is -2.18. The lowest BCUT2D eigenvalue weighted by atomic mass is 9.90. The van der Waals surface area contributed by atoms with Crippen LogP contribution in [-0.4, -0.2) is 33.9 Å². The number of rotatable bonds is 2. The number of aromatic nitrogens is 2. The molecule has 1 aromatic heterocycles. The van der Waals surface area contributed by atoms with Crippen molar-refractivity contribution in [3.05, 3.63) is 23.8 Å². The average molecular weight is 261 g/mol. The van der Waals surface area contributed by atoms with Crippen LogP contribution in [0.2, 0.25) is 0 Å². The smallest absolute Gasteiger partial charge is 0.219 e. The zero-order chi connectivity index (χ0) is 14.0. The molecule has 2 rings (SSSR count). The van der Waals surface area contributed by atoms with Crippen molar-refractivity contribution in [3.8, 4) is 0 Å². The molecule has 0 aliphatic carbocycles. The minimum atomic E-state index is 0.0544. The second kappa shape index (κ2) is 5.27. The van der Waals surface area contributed by atoms with E-state index in [4.69, 9.17) is 0 Å². The zero-order valence-corrected chi connectivity index (χ0v) is 12.3. The molecule has 2 heterocycles. The molecular formula is C15H23N3O. The Morgan fingerprint density at radius 3 is 2.74 bits per heavy atom. The third kappa shape index (κ3) is 3.52. The molecule has 4 nitrogen and oxygen atoms in total. The van der Waals surface area contributed by atoms with Crippen LogP contribution in [0.3, 0.4) is 0 Å². The van der Waals surface area contributed by atoms with Crippen LogP contribution in [0.15, 0.2) is 12.4 Å². The first-order valence-corrected chi connectivity index (χ1v) is 6.93. The van der Waals surface area contributed by atoms with Gasteiger partial charge in [-0.15, -0.1) is 0 Å². The van der Waals surface area contributed by atoms with Crippen LogP contribution in [0.4, 0.5) is 0 Å². The van der Waals surface area contributed by atoms with Crippen molar-refractivity contribution in [2.24, 2.45) is 5.92 Å². The second-order valence-electron chi connectivity index (χ2n) is 6.47. The van der Waals surface area contributed by atoms with E-state index >= 15 is 0 Å². The van der Waals surface area contributed by atoms with Crippen molar-refractivity contribution in [2.45, 2.75) is 46.0 Å². The fourth-order valence-corrected chi connectivity index (χ4v) is 2.50. The van der Waals surface area contributed by atoms with E-state index in [1.54, 1.807) is 13.3 Å². The van der Waals surface area contributed by atoms with Gasteiger partial charge in [0.15, 0.2) is 0 Å². The molecule has 4 heteroatoms. The molecule has 1 aliphatic heterocycles. The second-order valence-corrected chi connectivity index (χ2v) is 6.47. The highest BCUT2D eigenvalue weighted by Crippen LogP contribution is 2.23. The molecule has 0 saturated carbocycles. The monoisotopic (exact) mass is 261 g/mol. The first kappa shape index (κ1) is 14.0. The lowest BCUT2D eigenvalue weighted by Crippen LogP contribution is -2.26. The SMILES string of the molecule is CC(=O)N1CC[C@@H](Cc2cc(C(C)(C)C)ncn2)C1. The number of nitrogens with zero attached hydrogens (tertiary/aromatic N) is 3. The average Bonchev–Trinajstić information content (AvgIpc) is 2.77. The molecule has 0 spiro atoms. The summed E-state index contributed by atoms with van der Waals surface area (Å²) in [7, 11) is 0. The van der Waals surface area contributed by atoms with E-state index in [-0.39, 0.29) is 11.3 Å². The van der Waals surface area contributed by atoms with Gasteiger partial charge in [0.25, 0.3) is 0 Å². The minimum Gasteiger partial charge on any atom is -0.343 e. The molecular weight excluding hydrogens is 238 g/mol. The molecule has 0 unspecified atom stereocenters. The van der Waals surface area contributed by atoms with Crippen LogP contribution in [0.1, 0.15) is 45.5 Å². The van der Waals surface area contributed by atoms with Gasteiger partial charge in [-0.2, -0.15) is 0 Å². The third-order valence-corrected chi connectivity index (χ3v) is 3.72. The van der Waals surface area contributed by atoms with Gasteiger partial charge < -0.3 is 4.90 Å². The fraction of sp³-hybridized carbons (Fsp3) is 0.667. The van der Waals surface area contributed by atoms with Gasteiger partial charge in [0.05, 0.1) is 0 Å². The summed E-state index contributed by atoms with van der Waals surface area (Å²) in [5.41, 5.74) is 2.23. The Morgan fingerprint density at radius 1 is 1.42 bits per heavy atom. The fourth-order valence-electron chi connectivity index (χ4n) is 2.50. The highest BCUT2D eigenvalue weighted by molar-refractivity contribution is 5.73. The third-order valence-electron chi connectivity index (χ3n) is 3.72. The van der Waals surface area contributed by atoms with E-state index in [1.165, 1.54) is 0 Å². The lowest BCUT2D eigenvalue weighted by molar-refractivity contribution is -0.127. The minimum absolute atomic E-state index is 0.0544. The van der Waals surface area contributed by atoms with Crippen molar-refractivity contribution in [1.29, 1.82) is 0 Å². The van der Waals surface area contributed by atoms with Crippen molar-refractivity contribution >= 4 is 5.91 Å². The van der Waals surface area contributed by atoms with Gasteiger partial charge in [0, 0.05) is 36.8 Å². The maximum absolute atomic E-state index is 11.3. The Labute approximate surface area is 115 Å². The Kier molecular flexibility index (Phi) is 3.88. The van der Waals surface area contributed by atoms with Crippen molar-refractivity contribution in [2.75, 3.05) is 13.1 Å². The molecule has 0 N–H and O–H groups in total. The summed E-state index contributed by atoms with van der Waals surface area (Å²) in [5.74, 6) is 0.715. The number of amides is 1.